The normalized spacial score (nSPS) is 10.5. The highest BCUT2D eigenvalue weighted by Gasteiger charge is 2.02. The van der Waals surface area contributed by atoms with Crippen LogP contribution < -0.4 is 5.32 Å². The van der Waals surface area contributed by atoms with Crippen molar-refractivity contribution >= 4 is 29.0 Å². The Bertz CT molecular complexity index is 470. The Morgan fingerprint density at radius 2 is 2.18 bits per heavy atom. The lowest BCUT2D eigenvalue weighted by molar-refractivity contribution is 0.814. The van der Waals surface area contributed by atoms with Crippen LogP contribution in [0, 0.1) is 0 Å². The number of aromatic nitrogens is 3. The van der Waals surface area contributed by atoms with E-state index in [9.17, 15) is 0 Å². The number of hydrogen-bond donors (Lipinski definition) is 2. The minimum atomic E-state index is 0.537. The molecule has 0 aliphatic heterocycles. The highest BCUT2D eigenvalue weighted by molar-refractivity contribution is 6.35. The van der Waals surface area contributed by atoms with E-state index in [0.717, 1.165) is 25.2 Å². The summed E-state index contributed by atoms with van der Waals surface area (Å²) in [6, 6.07) is 1.67. The summed E-state index contributed by atoms with van der Waals surface area (Å²) in [5, 5.41) is 4.23. The Balaban J connectivity index is 1.78. The average Bonchev–Trinajstić information content (AvgIpc) is 2.79. The first kappa shape index (κ1) is 12.2. The first-order valence-corrected chi connectivity index (χ1v) is 6.04. The Morgan fingerprint density at radius 1 is 1.29 bits per heavy atom. The first-order valence-electron chi connectivity index (χ1n) is 5.29. The number of hydrogen-bond acceptors (Lipinski definition) is 3. The van der Waals surface area contributed by atoms with Crippen LogP contribution >= 0.6 is 23.2 Å². The SMILES string of the molecule is Clc1cnc(NCCCc2ncc[nH]2)c(Cl)c1. The molecule has 0 spiro atoms. The van der Waals surface area contributed by atoms with Gasteiger partial charge < -0.3 is 10.3 Å². The maximum absolute atomic E-state index is 5.98. The van der Waals surface area contributed by atoms with Crippen LogP contribution in [-0.4, -0.2) is 21.5 Å². The largest absolute Gasteiger partial charge is 0.369 e. The maximum atomic E-state index is 5.98. The van der Waals surface area contributed by atoms with E-state index in [1.165, 1.54) is 0 Å². The minimum absolute atomic E-state index is 0.537. The molecule has 4 nitrogen and oxygen atoms in total. The molecule has 0 radical (unpaired) electrons. The van der Waals surface area contributed by atoms with Gasteiger partial charge in [-0.25, -0.2) is 9.97 Å². The zero-order valence-corrected chi connectivity index (χ0v) is 10.6. The van der Waals surface area contributed by atoms with Crippen LogP contribution in [0.15, 0.2) is 24.7 Å². The molecule has 0 saturated heterocycles. The molecule has 0 aromatic carbocycles. The Labute approximate surface area is 109 Å². The molecule has 0 saturated carbocycles. The topological polar surface area (TPSA) is 53.6 Å². The van der Waals surface area contributed by atoms with E-state index < -0.39 is 0 Å². The molecular weight excluding hydrogens is 259 g/mol. The summed E-state index contributed by atoms with van der Waals surface area (Å²) in [6.45, 7) is 0.787. The Morgan fingerprint density at radius 3 is 2.88 bits per heavy atom. The van der Waals surface area contributed by atoms with E-state index in [1.54, 1.807) is 18.5 Å². The number of nitrogens with zero attached hydrogens (tertiary/aromatic N) is 2. The van der Waals surface area contributed by atoms with E-state index in [2.05, 4.69) is 20.3 Å². The van der Waals surface area contributed by atoms with Crippen molar-refractivity contribution in [2.24, 2.45) is 0 Å². The van der Waals surface area contributed by atoms with Gasteiger partial charge in [-0.05, 0) is 12.5 Å². The van der Waals surface area contributed by atoms with Gasteiger partial charge in [-0.1, -0.05) is 23.2 Å². The summed E-state index contributed by atoms with van der Waals surface area (Å²) < 4.78 is 0. The average molecular weight is 271 g/mol. The fourth-order valence-corrected chi connectivity index (χ4v) is 1.89. The monoisotopic (exact) mass is 270 g/mol. The number of pyridine rings is 1. The summed E-state index contributed by atoms with van der Waals surface area (Å²) >= 11 is 11.7. The Kier molecular flexibility index (Phi) is 4.23. The van der Waals surface area contributed by atoms with Crippen LogP contribution in [0.25, 0.3) is 0 Å². The van der Waals surface area contributed by atoms with E-state index in [-0.39, 0.29) is 0 Å². The van der Waals surface area contributed by atoms with Crippen molar-refractivity contribution in [2.75, 3.05) is 11.9 Å². The zero-order valence-electron chi connectivity index (χ0n) is 9.08. The molecule has 0 amide bonds. The molecule has 0 unspecified atom stereocenters. The van der Waals surface area contributed by atoms with E-state index in [1.807, 2.05) is 6.20 Å². The van der Waals surface area contributed by atoms with Crippen molar-refractivity contribution in [2.45, 2.75) is 12.8 Å². The zero-order chi connectivity index (χ0) is 12.1. The quantitative estimate of drug-likeness (QED) is 0.821. The lowest BCUT2D eigenvalue weighted by atomic mass is 10.3. The van der Waals surface area contributed by atoms with Gasteiger partial charge >= 0.3 is 0 Å². The molecular formula is C11H12Cl2N4. The van der Waals surface area contributed by atoms with Gasteiger partial charge in [0.1, 0.15) is 11.6 Å². The van der Waals surface area contributed by atoms with Gasteiger partial charge in [-0.2, -0.15) is 0 Å². The molecule has 0 bridgehead atoms. The van der Waals surface area contributed by atoms with Crippen LogP contribution in [0.4, 0.5) is 5.82 Å². The van der Waals surface area contributed by atoms with E-state index in [4.69, 9.17) is 23.2 Å². The number of anilines is 1. The smallest absolute Gasteiger partial charge is 0.144 e. The van der Waals surface area contributed by atoms with Gasteiger partial charge in [0.15, 0.2) is 0 Å². The summed E-state index contributed by atoms with van der Waals surface area (Å²) in [6.07, 6.45) is 6.99. The third kappa shape index (κ3) is 3.61. The van der Waals surface area contributed by atoms with Crippen molar-refractivity contribution in [3.63, 3.8) is 0 Å². The van der Waals surface area contributed by atoms with E-state index >= 15 is 0 Å². The van der Waals surface area contributed by atoms with Crippen molar-refractivity contribution in [3.05, 3.63) is 40.5 Å². The van der Waals surface area contributed by atoms with Crippen molar-refractivity contribution in [3.8, 4) is 0 Å². The van der Waals surface area contributed by atoms with Gasteiger partial charge in [0, 0.05) is 31.6 Å². The maximum Gasteiger partial charge on any atom is 0.144 e. The second-order valence-electron chi connectivity index (χ2n) is 3.55. The molecule has 0 fully saturated rings. The van der Waals surface area contributed by atoms with Gasteiger partial charge in [-0.15, -0.1) is 0 Å². The number of rotatable bonds is 5. The predicted octanol–water partition coefficient (Wildman–Crippen LogP) is 3.16. The van der Waals surface area contributed by atoms with Crippen molar-refractivity contribution in [1.29, 1.82) is 0 Å². The molecule has 0 atom stereocenters. The van der Waals surface area contributed by atoms with Crippen LogP contribution in [-0.2, 0) is 6.42 Å². The second kappa shape index (κ2) is 5.89. The summed E-state index contributed by atoms with van der Waals surface area (Å²) in [5.41, 5.74) is 0. The summed E-state index contributed by atoms with van der Waals surface area (Å²) in [7, 11) is 0. The number of nitrogens with one attached hydrogen (secondary N) is 2. The van der Waals surface area contributed by atoms with Crippen molar-refractivity contribution < 1.29 is 0 Å². The van der Waals surface area contributed by atoms with Crippen molar-refractivity contribution in [1.82, 2.24) is 15.0 Å². The Hall–Kier alpha value is -1.26. The predicted molar refractivity (Wildman–Crippen MR) is 69.7 cm³/mol. The highest BCUT2D eigenvalue weighted by atomic mass is 35.5. The molecule has 90 valence electrons. The van der Waals surface area contributed by atoms with Crippen LogP contribution in [0.3, 0.4) is 0 Å². The van der Waals surface area contributed by atoms with E-state index in [0.29, 0.717) is 15.9 Å². The third-order valence-electron chi connectivity index (χ3n) is 2.25. The first-order chi connectivity index (χ1) is 8.25. The molecule has 2 N–H and O–H groups in total. The molecule has 0 aliphatic rings. The summed E-state index contributed by atoms with van der Waals surface area (Å²) in [5.74, 6) is 1.65. The van der Waals surface area contributed by atoms with Gasteiger partial charge in [0.2, 0.25) is 0 Å². The molecule has 2 heterocycles. The number of aromatic amines is 1. The second-order valence-corrected chi connectivity index (χ2v) is 4.39. The molecule has 0 aliphatic carbocycles. The van der Waals surface area contributed by atoms with Gasteiger partial charge in [-0.3, -0.25) is 0 Å². The van der Waals surface area contributed by atoms with Crippen LogP contribution in [0.2, 0.25) is 10.0 Å². The molecule has 6 heteroatoms. The fraction of sp³-hybridized carbons (Fsp3) is 0.273. The number of aryl methyl sites for hydroxylation is 1. The van der Waals surface area contributed by atoms with Crippen LogP contribution in [0.1, 0.15) is 12.2 Å². The fourth-order valence-electron chi connectivity index (χ4n) is 1.44. The van der Waals surface area contributed by atoms with Crippen LogP contribution in [0.5, 0.6) is 0 Å². The van der Waals surface area contributed by atoms with Gasteiger partial charge in [0.05, 0.1) is 10.0 Å². The molecule has 17 heavy (non-hydrogen) atoms. The highest BCUT2D eigenvalue weighted by Crippen LogP contribution is 2.22. The van der Waals surface area contributed by atoms with Gasteiger partial charge in [0.25, 0.3) is 0 Å². The lowest BCUT2D eigenvalue weighted by Crippen LogP contribution is -2.05. The number of H-pyrrole nitrogens is 1. The number of halogens is 2. The molecule has 2 aromatic heterocycles. The standard InChI is InChI=1S/C11H12Cl2N4/c12-8-6-9(13)11(17-7-8)16-3-1-2-10-14-4-5-15-10/h4-7H,1-3H2,(H,14,15)(H,16,17). The lowest BCUT2D eigenvalue weighted by Gasteiger charge is -2.06. The minimum Gasteiger partial charge on any atom is -0.369 e. The number of imidazole rings is 1. The molecule has 2 rings (SSSR count). The third-order valence-corrected chi connectivity index (χ3v) is 2.74. The molecule has 2 aromatic rings. The summed E-state index contributed by atoms with van der Waals surface area (Å²) in [4.78, 5) is 11.3.